The molecule has 0 saturated carbocycles. The van der Waals surface area contributed by atoms with Crippen LogP contribution in [0.4, 0.5) is 5.69 Å². The molecule has 1 fully saturated rings. The minimum absolute atomic E-state index is 0.118. The number of rotatable bonds is 3. The first-order valence-corrected chi connectivity index (χ1v) is 11.7. The van der Waals surface area contributed by atoms with Crippen LogP contribution in [0, 0.1) is 0 Å². The number of aliphatic imine (C=N–C) groups is 1. The van der Waals surface area contributed by atoms with Gasteiger partial charge in [-0.05, 0) is 29.8 Å². The number of halogens is 2. The highest BCUT2D eigenvalue weighted by atomic mass is 35.5. The van der Waals surface area contributed by atoms with Gasteiger partial charge >= 0.3 is 0 Å². The quantitative estimate of drug-likeness (QED) is 0.734. The van der Waals surface area contributed by atoms with Gasteiger partial charge in [0, 0.05) is 21.5 Å². The van der Waals surface area contributed by atoms with Crippen molar-refractivity contribution in [2.45, 2.75) is 17.8 Å². The Morgan fingerprint density at radius 3 is 2.62 bits per heavy atom. The molecule has 1 saturated heterocycles. The molecule has 2 atom stereocenters. The lowest BCUT2D eigenvalue weighted by Gasteiger charge is -2.26. The summed E-state index contributed by atoms with van der Waals surface area (Å²) in [6, 6.07) is 14.9. The highest BCUT2D eigenvalue weighted by Crippen LogP contribution is 2.36. The summed E-state index contributed by atoms with van der Waals surface area (Å²) < 4.78 is 24.1. The molecule has 0 bridgehead atoms. The van der Waals surface area contributed by atoms with E-state index >= 15 is 0 Å². The van der Waals surface area contributed by atoms with E-state index in [9.17, 15) is 8.42 Å². The number of benzene rings is 2. The zero-order valence-corrected chi connectivity index (χ0v) is 16.8. The number of para-hydroxylation sites is 1. The van der Waals surface area contributed by atoms with E-state index in [1.54, 1.807) is 17.8 Å². The standard InChI is InChI=1S/C18H16Cl2N2O2S2/c19-13-7-6-12(15(20)8-13)9-25-18-21-16-10-26(23,24)11-17(16)22(18)14-4-2-1-3-5-14/h1-8,16-17H,9-11H2. The van der Waals surface area contributed by atoms with Crippen molar-refractivity contribution in [2.75, 3.05) is 16.4 Å². The molecule has 136 valence electrons. The predicted molar refractivity (Wildman–Crippen MR) is 110 cm³/mol. The fourth-order valence-electron chi connectivity index (χ4n) is 3.30. The van der Waals surface area contributed by atoms with Crippen molar-refractivity contribution in [2.24, 2.45) is 4.99 Å². The molecule has 2 heterocycles. The van der Waals surface area contributed by atoms with E-state index in [1.165, 1.54) is 0 Å². The minimum atomic E-state index is -3.04. The summed E-state index contributed by atoms with van der Waals surface area (Å²) in [4.78, 5) is 6.78. The van der Waals surface area contributed by atoms with E-state index in [0.717, 1.165) is 16.4 Å². The SMILES string of the molecule is O=S1(=O)CC2N=C(SCc3ccc(Cl)cc3Cl)N(c3ccccc3)C2C1. The molecule has 0 spiro atoms. The molecule has 0 radical (unpaired) electrons. The number of amidine groups is 1. The summed E-state index contributed by atoms with van der Waals surface area (Å²) in [6.45, 7) is 0. The Bertz CT molecular complexity index is 964. The Kier molecular flexibility index (Phi) is 4.94. The lowest BCUT2D eigenvalue weighted by molar-refractivity contribution is 0.601. The number of anilines is 1. The van der Waals surface area contributed by atoms with Gasteiger partial charge in [-0.25, -0.2) is 8.42 Å². The van der Waals surface area contributed by atoms with Crippen molar-refractivity contribution in [1.29, 1.82) is 0 Å². The molecule has 26 heavy (non-hydrogen) atoms. The van der Waals surface area contributed by atoms with Crippen molar-refractivity contribution in [3.8, 4) is 0 Å². The van der Waals surface area contributed by atoms with Gasteiger partial charge in [-0.2, -0.15) is 0 Å². The Labute approximate surface area is 167 Å². The van der Waals surface area contributed by atoms with Gasteiger partial charge in [0.2, 0.25) is 0 Å². The van der Waals surface area contributed by atoms with Crippen LogP contribution in [-0.2, 0) is 15.6 Å². The maximum absolute atomic E-state index is 12.1. The maximum atomic E-state index is 12.1. The first kappa shape index (κ1) is 18.2. The predicted octanol–water partition coefficient (Wildman–Crippen LogP) is 4.27. The highest BCUT2D eigenvalue weighted by molar-refractivity contribution is 8.13. The summed E-state index contributed by atoms with van der Waals surface area (Å²) in [5, 5.41) is 2.07. The minimum Gasteiger partial charge on any atom is -0.315 e. The van der Waals surface area contributed by atoms with Crippen LogP contribution in [0.25, 0.3) is 0 Å². The molecule has 8 heteroatoms. The first-order chi connectivity index (χ1) is 12.4. The third kappa shape index (κ3) is 3.60. The summed E-state index contributed by atoms with van der Waals surface area (Å²) in [5.41, 5.74) is 1.94. The summed E-state index contributed by atoms with van der Waals surface area (Å²) in [5.74, 6) is 0.902. The van der Waals surface area contributed by atoms with Crippen LogP contribution in [0.5, 0.6) is 0 Å². The van der Waals surface area contributed by atoms with Crippen molar-refractivity contribution in [3.05, 3.63) is 64.1 Å². The normalized spacial score (nSPS) is 23.8. The number of sulfone groups is 1. The average Bonchev–Trinajstić information content (AvgIpc) is 3.06. The second-order valence-corrected chi connectivity index (χ2v) is 10.3. The van der Waals surface area contributed by atoms with Gasteiger partial charge in [-0.15, -0.1) is 0 Å². The van der Waals surface area contributed by atoms with E-state index in [1.807, 2.05) is 42.5 Å². The van der Waals surface area contributed by atoms with Crippen LogP contribution in [-0.4, -0.2) is 37.2 Å². The Balaban J connectivity index is 1.61. The lowest BCUT2D eigenvalue weighted by Crippen LogP contribution is -2.39. The van der Waals surface area contributed by atoms with Crippen LogP contribution in [0.2, 0.25) is 10.0 Å². The van der Waals surface area contributed by atoms with Gasteiger partial charge in [0.05, 0.1) is 23.6 Å². The second kappa shape index (κ2) is 7.08. The van der Waals surface area contributed by atoms with Crippen molar-refractivity contribution in [3.63, 3.8) is 0 Å². The van der Waals surface area contributed by atoms with Crippen molar-refractivity contribution >= 4 is 55.7 Å². The molecule has 0 N–H and O–H groups in total. The van der Waals surface area contributed by atoms with Gasteiger partial charge in [0.25, 0.3) is 0 Å². The molecule has 0 amide bonds. The molecule has 2 aliphatic rings. The number of fused-ring (bicyclic) bond motifs is 1. The maximum Gasteiger partial charge on any atom is 0.164 e. The van der Waals surface area contributed by atoms with Crippen LogP contribution in [0.15, 0.2) is 53.5 Å². The van der Waals surface area contributed by atoms with Crippen LogP contribution < -0.4 is 4.90 Å². The Morgan fingerprint density at radius 2 is 1.88 bits per heavy atom. The largest absolute Gasteiger partial charge is 0.315 e. The summed E-state index contributed by atoms with van der Waals surface area (Å²) in [6.07, 6.45) is 0. The van der Waals surface area contributed by atoms with E-state index in [4.69, 9.17) is 28.2 Å². The van der Waals surface area contributed by atoms with E-state index < -0.39 is 9.84 Å². The molecule has 2 unspecified atom stereocenters. The molecule has 2 aliphatic heterocycles. The number of hydrogen-bond acceptors (Lipinski definition) is 5. The fourth-order valence-corrected chi connectivity index (χ4v) is 6.83. The second-order valence-electron chi connectivity index (χ2n) is 6.35. The number of thioether (sulfide) groups is 1. The zero-order valence-electron chi connectivity index (χ0n) is 13.7. The average molecular weight is 427 g/mol. The van der Waals surface area contributed by atoms with Gasteiger partial charge in [0.15, 0.2) is 15.0 Å². The smallest absolute Gasteiger partial charge is 0.164 e. The molecular weight excluding hydrogens is 411 g/mol. The van der Waals surface area contributed by atoms with E-state index in [2.05, 4.69) is 4.90 Å². The molecule has 2 aromatic rings. The highest BCUT2D eigenvalue weighted by Gasteiger charge is 2.47. The van der Waals surface area contributed by atoms with Crippen LogP contribution in [0.1, 0.15) is 5.56 Å². The third-order valence-electron chi connectivity index (χ3n) is 4.51. The Morgan fingerprint density at radius 1 is 1.12 bits per heavy atom. The fraction of sp³-hybridized carbons (Fsp3) is 0.278. The van der Waals surface area contributed by atoms with Gasteiger partial charge < -0.3 is 4.90 Å². The Hall–Kier alpha value is -1.21. The summed E-state index contributed by atoms with van der Waals surface area (Å²) >= 11 is 13.8. The van der Waals surface area contributed by atoms with E-state index in [0.29, 0.717) is 15.8 Å². The van der Waals surface area contributed by atoms with Crippen molar-refractivity contribution < 1.29 is 8.42 Å². The molecule has 4 nitrogen and oxygen atoms in total. The lowest BCUT2D eigenvalue weighted by atomic mass is 10.1. The van der Waals surface area contributed by atoms with Gasteiger partial charge in [-0.3, -0.25) is 4.99 Å². The van der Waals surface area contributed by atoms with Gasteiger partial charge in [-0.1, -0.05) is 59.2 Å². The van der Waals surface area contributed by atoms with Crippen molar-refractivity contribution in [1.82, 2.24) is 0 Å². The van der Waals surface area contributed by atoms with Gasteiger partial charge in [0.1, 0.15) is 0 Å². The first-order valence-electron chi connectivity index (χ1n) is 8.12. The summed E-state index contributed by atoms with van der Waals surface area (Å²) in [7, 11) is -3.04. The van der Waals surface area contributed by atoms with Crippen LogP contribution >= 0.6 is 35.0 Å². The molecule has 0 aromatic heterocycles. The number of hydrogen-bond donors (Lipinski definition) is 0. The zero-order chi connectivity index (χ0) is 18.3. The third-order valence-corrected chi connectivity index (χ3v) is 7.82. The van der Waals surface area contributed by atoms with Crippen LogP contribution in [0.3, 0.4) is 0 Å². The monoisotopic (exact) mass is 426 g/mol. The molecule has 4 rings (SSSR count). The molecule has 0 aliphatic carbocycles. The van der Waals surface area contributed by atoms with E-state index in [-0.39, 0.29) is 23.6 Å². The topological polar surface area (TPSA) is 49.7 Å². The molecule has 2 aromatic carbocycles. The molecular formula is C18H16Cl2N2O2S2. The number of nitrogens with zero attached hydrogens (tertiary/aromatic N) is 2.